The van der Waals surface area contributed by atoms with Gasteiger partial charge in [-0.15, -0.1) is 0 Å². The summed E-state index contributed by atoms with van der Waals surface area (Å²) in [6, 6.07) is 6.61. The van der Waals surface area contributed by atoms with Crippen LogP contribution in [0.5, 0.6) is 0 Å². The molecule has 148 valence electrons. The molecule has 6 nitrogen and oxygen atoms in total. The normalized spacial score (nSPS) is 24.5. The molecular formula is C22H29N5O. The van der Waals surface area contributed by atoms with E-state index >= 15 is 0 Å². The van der Waals surface area contributed by atoms with Crippen molar-refractivity contribution >= 4 is 12.1 Å². The van der Waals surface area contributed by atoms with Gasteiger partial charge in [-0.2, -0.15) is 10.2 Å². The summed E-state index contributed by atoms with van der Waals surface area (Å²) in [6.07, 6.45) is 6.80. The number of hydrogen-bond acceptors (Lipinski definition) is 4. The smallest absolute Gasteiger partial charge is 0.229 e. The molecule has 1 amide bonds. The minimum Gasteiger partial charge on any atom is -0.317 e. The fourth-order valence-corrected chi connectivity index (χ4v) is 4.25. The Kier molecular flexibility index (Phi) is 4.52. The summed E-state index contributed by atoms with van der Waals surface area (Å²) in [5.41, 5.74) is 4.06. The second-order valence-corrected chi connectivity index (χ2v) is 9.15. The van der Waals surface area contributed by atoms with E-state index in [1.807, 2.05) is 39.4 Å². The van der Waals surface area contributed by atoms with Crippen molar-refractivity contribution in [3.8, 4) is 11.1 Å². The Morgan fingerprint density at radius 2 is 2.11 bits per heavy atom. The van der Waals surface area contributed by atoms with Gasteiger partial charge in [0.2, 0.25) is 5.91 Å². The van der Waals surface area contributed by atoms with E-state index in [9.17, 15) is 4.79 Å². The van der Waals surface area contributed by atoms with E-state index in [0.717, 1.165) is 29.7 Å². The maximum Gasteiger partial charge on any atom is 0.229 e. The highest BCUT2D eigenvalue weighted by atomic mass is 16.2. The Morgan fingerprint density at radius 1 is 1.32 bits per heavy atom. The number of nitrogens with one attached hydrogen (secondary N) is 1. The lowest BCUT2D eigenvalue weighted by atomic mass is 9.93. The number of carbonyl (C=O) groups excluding carboxylic acids is 1. The van der Waals surface area contributed by atoms with E-state index in [0.29, 0.717) is 5.92 Å². The molecule has 0 aliphatic carbocycles. The Balaban J connectivity index is 1.55. The van der Waals surface area contributed by atoms with Crippen molar-refractivity contribution in [2.45, 2.75) is 53.2 Å². The van der Waals surface area contributed by atoms with Crippen LogP contribution in [0, 0.1) is 18.3 Å². The number of aryl methyl sites for hydroxylation is 1. The molecule has 1 N–H and O–H groups in total. The molecule has 1 aromatic heterocycles. The van der Waals surface area contributed by atoms with Gasteiger partial charge in [0.15, 0.2) is 0 Å². The molecule has 4 rings (SSSR count). The highest BCUT2D eigenvalue weighted by molar-refractivity contribution is 5.85. The molecular weight excluding hydrogens is 350 g/mol. The number of amides is 1. The summed E-state index contributed by atoms with van der Waals surface area (Å²) in [5.74, 6) is 0.738. The Hall–Kier alpha value is -2.63. The molecule has 28 heavy (non-hydrogen) atoms. The third kappa shape index (κ3) is 3.21. The van der Waals surface area contributed by atoms with Gasteiger partial charge < -0.3 is 4.90 Å². The van der Waals surface area contributed by atoms with Gasteiger partial charge in [-0.3, -0.25) is 14.9 Å². The molecule has 3 unspecified atom stereocenters. The number of benzene rings is 1. The summed E-state index contributed by atoms with van der Waals surface area (Å²) < 4.78 is 0. The van der Waals surface area contributed by atoms with Crippen LogP contribution in [-0.2, 0) is 4.79 Å². The molecule has 2 aliphatic rings. The third-order valence-corrected chi connectivity index (χ3v) is 5.88. The fourth-order valence-electron chi connectivity index (χ4n) is 4.25. The molecule has 2 aliphatic heterocycles. The molecule has 0 saturated carbocycles. The zero-order chi connectivity index (χ0) is 20.1. The zero-order valence-corrected chi connectivity index (χ0v) is 17.3. The predicted molar refractivity (Wildman–Crippen MR) is 111 cm³/mol. The van der Waals surface area contributed by atoms with Crippen LogP contribution in [0.25, 0.3) is 11.1 Å². The van der Waals surface area contributed by atoms with Crippen molar-refractivity contribution in [2.75, 3.05) is 6.54 Å². The highest BCUT2D eigenvalue weighted by Crippen LogP contribution is 2.42. The maximum atomic E-state index is 13.0. The number of aromatic amines is 1. The topological polar surface area (TPSA) is 64.6 Å². The molecule has 0 radical (unpaired) electrons. The molecule has 2 fully saturated rings. The van der Waals surface area contributed by atoms with Gasteiger partial charge in [-0.25, -0.2) is 0 Å². The number of nitrogens with zero attached hydrogens (tertiary/aromatic N) is 4. The van der Waals surface area contributed by atoms with Gasteiger partial charge in [0, 0.05) is 35.7 Å². The number of carbonyl (C=O) groups is 1. The molecule has 0 bridgehead atoms. The standard InChI is InChI=1S/C22H29N5O/c1-14-6-7-16(19-10-23-24-11-19)9-17(14)12-25-26-13-18-8-15(2)27(20(18)26)21(28)22(3,4)5/h6-7,9-12,15,18,20H,8,13H2,1-5H3,(H,23,24)/b25-12-. The van der Waals surface area contributed by atoms with Crippen molar-refractivity contribution in [3.05, 3.63) is 41.7 Å². The van der Waals surface area contributed by atoms with Gasteiger partial charge in [0.1, 0.15) is 6.17 Å². The van der Waals surface area contributed by atoms with Gasteiger partial charge in [0.25, 0.3) is 0 Å². The highest BCUT2D eigenvalue weighted by Gasteiger charge is 2.53. The van der Waals surface area contributed by atoms with Crippen LogP contribution in [0.4, 0.5) is 0 Å². The minimum atomic E-state index is -0.371. The molecule has 3 heterocycles. The number of hydrazone groups is 1. The number of hydrogen-bond donors (Lipinski definition) is 1. The van der Waals surface area contributed by atoms with Crippen LogP contribution >= 0.6 is 0 Å². The number of likely N-dealkylation sites (tertiary alicyclic amines) is 1. The van der Waals surface area contributed by atoms with Gasteiger partial charge in [0.05, 0.1) is 12.4 Å². The largest absolute Gasteiger partial charge is 0.317 e. The molecule has 6 heteroatoms. The van der Waals surface area contributed by atoms with Gasteiger partial charge >= 0.3 is 0 Å². The molecule has 2 saturated heterocycles. The molecule has 2 aromatic rings. The Labute approximate surface area is 166 Å². The second kappa shape index (κ2) is 6.76. The lowest BCUT2D eigenvalue weighted by Crippen LogP contribution is -2.60. The van der Waals surface area contributed by atoms with Crippen LogP contribution in [0.1, 0.15) is 45.2 Å². The summed E-state index contributed by atoms with van der Waals surface area (Å²) in [6.45, 7) is 11.1. The van der Waals surface area contributed by atoms with Gasteiger partial charge in [-0.1, -0.05) is 32.9 Å². The number of rotatable bonds is 3. The Bertz CT molecular complexity index is 896. The van der Waals surface area contributed by atoms with Crippen LogP contribution in [-0.4, -0.2) is 51.0 Å². The van der Waals surface area contributed by atoms with Crippen molar-refractivity contribution in [1.29, 1.82) is 0 Å². The van der Waals surface area contributed by atoms with Crippen molar-refractivity contribution < 1.29 is 4.79 Å². The molecule has 0 spiro atoms. The lowest BCUT2D eigenvalue weighted by molar-refractivity contribution is -0.152. The average molecular weight is 380 g/mol. The Morgan fingerprint density at radius 3 is 2.79 bits per heavy atom. The second-order valence-electron chi connectivity index (χ2n) is 9.15. The zero-order valence-electron chi connectivity index (χ0n) is 17.3. The quantitative estimate of drug-likeness (QED) is 0.828. The number of fused-ring (bicyclic) bond motifs is 1. The SMILES string of the molecule is Cc1ccc(-c2cn[nH]c2)cc1/C=N\N1CC2CC(C)N(C(=O)C(C)(C)C)C21. The predicted octanol–water partition coefficient (Wildman–Crippen LogP) is 3.64. The number of H-pyrrole nitrogens is 1. The first-order valence-corrected chi connectivity index (χ1v) is 9.99. The van der Waals surface area contributed by atoms with Crippen LogP contribution < -0.4 is 0 Å². The number of aromatic nitrogens is 2. The summed E-state index contributed by atoms with van der Waals surface area (Å²) in [5, 5.41) is 13.7. The maximum absolute atomic E-state index is 13.0. The first-order chi connectivity index (χ1) is 13.3. The minimum absolute atomic E-state index is 0.0929. The average Bonchev–Trinajstić information content (AvgIpc) is 3.23. The van der Waals surface area contributed by atoms with Crippen LogP contribution in [0.2, 0.25) is 0 Å². The van der Waals surface area contributed by atoms with E-state index in [1.54, 1.807) is 0 Å². The van der Waals surface area contributed by atoms with Gasteiger partial charge in [-0.05, 0) is 43.0 Å². The molecule has 1 aromatic carbocycles. The van der Waals surface area contributed by atoms with Crippen molar-refractivity contribution in [2.24, 2.45) is 16.4 Å². The molecule has 3 atom stereocenters. The fraction of sp³-hybridized carbons (Fsp3) is 0.500. The summed E-state index contributed by atoms with van der Waals surface area (Å²) >= 11 is 0. The van der Waals surface area contributed by atoms with Crippen molar-refractivity contribution in [1.82, 2.24) is 20.1 Å². The summed E-state index contributed by atoms with van der Waals surface area (Å²) in [7, 11) is 0. The van der Waals surface area contributed by atoms with Crippen molar-refractivity contribution in [3.63, 3.8) is 0 Å². The summed E-state index contributed by atoms with van der Waals surface area (Å²) in [4.78, 5) is 15.0. The van der Waals surface area contributed by atoms with E-state index in [4.69, 9.17) is 5.10 Å². The van der Waals surface area contributed by atoms with E-state index in [1.165, 1.54) is 5.56 Å². The van der Waals surface area contributed by atoms with E-state index < -0.39 is 0 Å². The third-order valence-electron chi connectivity index (χ3n) is 5.88. The van der Waals surface area contributed by atoms with Crippen LogP contribution in [0.3, 0.4) is 0 Å². The van der Waals surface area contributed by atoms with Crippen LogP contribution in [0.15, 0.2) is 35.7 Å². The van der Waals surface area contributed by atoms with E-state index in [-0.39, 0.29) is 23.5 Å². The first-order valence-electron chi connectivity index (χ1n) is 9.99. The first kappa shape index (κ1) is 18.7. The monoisotopic (exact) mass is 379 g/mol. The van der Waals surface area contributed by atoms with E-state index in [2.05, 4.69) is 52.2 Å². The lowest BCUT2D eigenvalue weighted by Gasteiger charge is -2.47.